The Morgan fingerprint density at radius 1 is 1.35 bits per heavy atom. The van der Waals surface area contributed by atoms with Crippen molar-refractivity contribution in [2.24, 2.45) is 0 Å². The van der Waals surface area contributed by atoms with Gasteiger partial charge in [-0.15, -0.1) is 0 Å². The number of nitrogens with one attached hydrogen (secondary N) is 2. The van der Waals surface area contributed by atoms with Crippen molar-refractivity contribution in [3.8, 4) is 0 Å². The summed E-state index contributed by atoms with van der Waals surface area (Å²) in [6, 6.07) is 6.66. The lowest BCUT2D eigenvalue weighted by Gasteiger charge is -2.13. The second-order valence-corrected chi connectivity index (χ2v) is 3.77. The quantitative estimate of drug-likeness (QED) is 0.720. The number of carbonyl (C=O) groups excluding carboxylic acids is 1. The van der Waals surface area contributed by atoms with Crippen LogP contribution in [0, 0.1) is 0 Å². The molecule has 0 bridgehead atoms. The molecule has 1 atom stereocenters. The van der Waals surface area contributed by atoms with Crippen molar-refractivity contribution in [2.45, 2.75) is 19.4 Å². The SMILES string of the molecule is CNc1ccccc1C(=O)NC(C)CC(=O)O. The summed E-state index contributed by atoms with van der Waals surface area (Å²) < 4.78 is 0. The van der Waals surface area contributed by atoms with Gasteiger partial charge in [0, 0.05) is 18.8 Å². The van der Waals surface area contributed by atoms with Gasteiger partial charge in [0.2, 0.25) is 0 Å². The fourth-order valence-electron chi connectivity index (χ4n) is 1.51. The Morgan fingerprint density at radius 2 is 2.00 bits per heavy atom. The normalized spacial score (nSPS) is 11.6. The summed E-state index contributed by atoms with van der Waals surface area (Å²) >= 11 is 0. The van der Waals surface area contributed by atoms with E-state index >= 15 is 0 Å². The fourth-order valence-corrected chi connectivity index (χ4v) is 1.51. The van der Waals surface area contributed by atoms with Gasteiger partial charge in [0.1, 0.15) is 0 Å². The van der Waals surface area contributed by atoms with E-state index in [4.69, 9.17) is 5.11 Å². The van der Waals surface area contributed by atoms with Crippen LogP contribution in [0.25, 0.3) is 0 Å². The standard InChI is InChI=1S/C12H16N2O3/c1-8(7-11(15)16)14-12(17)9-5-3-4-6-10(9)13-2/h3-6,8,13H,7H2,1-2H3,(H,14,17)(H,15,16). The number of aliphatic carboxylic acids is 1. The van der Waals surface area contributed by atoms with Crippen LogP contribution >= 0.6 is 0 Å². The molecule has 0 spiro atoms. The number of carboxylic acid groups (broad SMARTS) is 1. The molecule has 0 aromatic heterocycles. The molecule has 92 valence electrons. The van der Waals surface area contributed by atoms with Gasteiger partial charge in [0.25, 0.3) is 5.91 Å². The molecule has 0 fully saturated rings. The first-order valence-electron chi connectivity index (χ1n) is 5.34. The maximum absolute atomic E-state index is 11.9. The van der Waals surface area contributed by atoms with E-state index in [1.54, 1.807) is 32.2 Å². The Labute approximate surface area is 99.8 Å². The van der Waals surface area contributed by atoms with E-state index < -0.39 is 12.0 Å². The molecule has 0 saturated carbocycles. The third kappa shape index (κ3) is 3.79. The summed E-state index contributed by atoms with van der Waals surface area (Å²) in [4.78, 5) is 22.4. The molecule has 0 aliphatic heterocycles. The van der Waals surface area contributed by atoms with Crippen molar-refractivity contribution in [3.63, 3.8) is 0 Å². The van der Waals surface area contributed by atoms with Crippen LogP contribution in [0.1, 0.15) is 23.7 Å². The third-order valence-corrected chi connectivity index (χ3v) is 2.30. The van der Waals surface area contributed by atoms with Gasteiger partial charge in [-0.25, -0.2) is 0 Å². The number of hydrogen-bond acceptors (Lipinski definition) is 3. The molecule has 1 aromatic carbocycles. The molecule has 1 aromatic rings. The first-order chi connectivity index (χ1) is 8.04. The highest BCUT2D eigenvalue weighted by Crippen LogP contribution is 2.14. The lowest BCUT2D eigenvalue weighted by Crippen LogP contribution is -2.34. The third-order valence-electron chi connectivity index (χ3n) is 2.30. The zero-order valence-electron chi connectivity index (χ0n) is 9.86. The molecule has 0 aliphatic rings. The number of benzene rings is 1. The Bertz CT molecular complexity index is 418. The minimum Gasteiger partial charge on any atom is -0.481 e. The van der Waals surface area contributed by atoms with Crippen molar-refractivity contribution in [1.29, 1.82) is 0 Å². The summed E-state index contributed by atoms with van der Waals surface area (Å²) in [5.74, 6) is -1.21. The van der Waals surface area contributed by atoms with Gasteiger partial charge in [-0.3, -0.25) is 9.59 Å². The molecule has 17 heavy (non-hydrogen) atoms. The highest BCUT2D eigenvalue weighted by molar-refractivity contribution is 5.99. The minimum absolute atomic E-state index is 0.0898. The maximum Gasteiger partial charge on any atom is 0.305 e. The lowest BCUT2D eigenvalue weighted by atomic mass is 10.1. The number of para-hydroxylation sites is 1. The topological polar surface area (TPSA) is 78.4 Å². The van der Waals surface area contributed by atoms with Gasteiger partial charge in [-0.05, 0) is 19.1 Å². The second kappa shape index (κ2) is 5.89. The molecule has 5 nitrogen and oxygen atoms in total. The van der Waals surface area contributed by atoms with Crippen molar-refractivity contribution in [1.82, 2.24) is 5.32 Å². The van der Waals surface area contributed by atoms with Crippen molar-refractivity contribution in [3.05, 3.63) is 29.8 Å². The van der Waals surface area contributed by atoms with E-state index in [1.807, 2.05) is 6.07 Å². The van der Waals surface area contributed by atoms with Crippen molar-refractivity contribution >= 4 is 17.6 Å². The average Bonchev–Trinajstić information content (AvgIpc) is 2.27. The van der Waals surface area contributed by atoms with E-state index in [2.05, 4.69) is 10.6 Å². The molecule has 0 aliphatic carbocycles. The van der Waals surface area contributed by atoms with Gasteiger partial charge in [0.05, 0.1) is 12.0 Å². The Balaban J connectivity index is 2.72. The van der Waals surface area contributed by atoms with Crippen LogP contribution in [0.3, 0.4) is 0 Å². The molecule has 0 heterocycles. The van der Waals surface area contributed by atoms with E-state index in [0.717, 1.165) is 0 Å². The van der Waals surface area contributed by atoms with Gasteiger partial charge in [0.15, 0.2) is 0 Å². The molecular formula is C12H16N2O3. The van der Waals surface area contributed by atoms with Crippen LogP contribution in [0.2, 0.25) is 0 Å². The smallest absolute Gasteiger partial charge is 0.305 e. The number of rotatable bonds is 5. The first kappa shape index (κ1) is 13.0. The van der Waals surface area contributed by atoms with Crippen LogP contribution in [-0.4, -0.2) is 30.1 Å². The highest BCUT2D eigenvalue weighted by Gasteiger charge is 2.14. The summed E-state index contributed by atoms with van der Waals surface area (Å²) in [5.41, 5.74) is 1.22. The van der Waals surface area contributed by atoms with E-state index in [0.29, 0.717) is 11.3 Å². The summed E-state index contributed by atoms with van der Waals surface area (Å²) in [6.45, 7) is 1.66. The van der Waals surface area contributed by atoms with E-state index in [9.17, 15) is 9.59 Å². The molecule has 1 rings (SSSR count). The predicted molar refractivity (Wildman–Crippen MR) is 65.2 cm³/mol. The number of hydrogen-bond donors (Lipinski definition) is 3. The Morgan fingerprint density at radius 3 is 2.59 bits per heavy atom. The molecule has 0 saturated heterocycles. The molecule has 1 amide bonds. The zero-order chi connectivity index (χ0) is 12.8. The lowest BCUT2D eigenvalue weighted by molar-refractivity contribution is -0.137. The Kier molecular flexibility index (Phi) is 4.51. The van der Waals surface area contributed by atoms with Crippen LogP contribution < -0.4 is 10.6 Å². The van der Waals surface area contributed by atoms with Crippen LogP contribution in [0.4, 0.5) is 5.69 Å². The van der Waals surface area contributed by atoms with Gasteiger partial charge < -0.3 is 15.7 Å². The van der Waals surface area contributed by atoms with Crippen LogP contribution in [0.5, 0.6) is 0 Å². The Hall–Kier alpha value is -2.04. The number of anilines is 1. The van der Waals surface area contributed by atoms with Gasteiger partial charge in [-0.2, -0.15) is 0 Å². The molecule has 1 unspecified atom stereocenters. The van der Waals surface area contributed by atoms with Crippen LogP contribution in [0.15, 0.2) is 24.3 Å². The number of amides is 1. The summed E-state index contributed by atoms with van der Waals surface area (Å²) in [7, 11) is 1.73. The summed E-state index contributed by atoms with van der Waals surface area (Å²) in [5, 5.41) is 14.2. The molecular weight excluding hydrogens is 220 g/mol. The average molecular weight is 236 g/mol. The van der Waals surface area contributed by atoms with E-state index in [-0.39, 0.29) is 12.3 Å². The maximum atomic E-state index is 11.9. The summed E-state index contributed by atoms with van der Waals surface area (Å²) in [6.07, 6.45) is -0.0898. The number of carboxylic acids is 1. The largest absolute Gasteiger partial charge is 0.481 e. The minimum atomic E-state index is -0.931. The van der Waals surface area contributed by atoms with Crippen LogP contribution in [-0.2, 0) is 4.79 Å². The fraction of sp³-hybridized carbons (Fsp3) is 0.333. The number of carbonyl (C=O) groups is 2. The zero-order valence-corrected chi connectivity index (χ0v) is 9.86. The first-order valence-corrected chi connectivity index (χ1v) is 5.34. The highest BCUT2D eigenvalue weighted by atomic mass is 16.4. The monoisotopic (exact) mass is 236 g/mol. The predicted octanol–water partition coefficient (Wildman–Crippen LogP) is 1.32. The molecule has 5 heteroatoms. The van der Waals surface area contributed by atoms with Crippen molar-refractivity contribution in [2.75, 3.05) is 12.4 Å². The second-order valence-electron chi connectivity index (χ2n) is 3.77. The van der Waals surface area contributed by atoms with E-state index in [1.165, 1.54) is 0 Å². The van der Waals surface area contributed by atoms with Gasteiger partial charge >= 0.3 is 5.97 Å². The van der Waals surface area contributed by atoms with Gasteiger partial charge in [-0.1, -0.05) is 12.1 Å². The molecule has 3 N–H and O–H groups in total. The molecule has 0 radical (unpaired) electrons. The van der Waals surface area contributed by atoms with Crippen molar-refractivity contribution < 1.29 is 14.7 Å².